The molecule has 2 N–H and O–H groups in total. The van der Waals surface area contributed by atoms with Gasteiger partial charge < -0.3 is 5.32 Å². The van der Waals surface area contributed by atoms with Gasteiger partial charge in [0.05, 0.1) is 0 Å². The molecule has 0 radical (unpaired) electrons. The number of nitrogens with one attached hydrogen (secondary N) is 2. The summed E-state index contributed by atoms with van der Waals surface area (Å²) in [5.41, 5.74) is 0.438. The molecule has 0 aliphatic carbocycles. The average Bonchev–Trinajstić information content (AvgIpc) is 2.48. The molecular formula is C10H19N3. The molecule has 0 bridgehead atoms. The molecule has 13 heavy (non-hydrogen) atoms. The van der Waals surface area contributed by atoms with Gasteiger partial charge in [0, 0.05) is 12.7 Å². The maximum absolute atomic E-state index is 4.01. The van der Waals surface area contributed by atoms with Crippen LogP contribution in [0, 0.1) is 5.41 Å². The van der Waals surface area contributed by atoms with Crippen molar-refractivity contribution >= 4 is 5.82 Å². The topological polar surface area (TPSA) is 40.7 Å². The zero-order chi connectivity index (χ0) is 9.73. The van der Waals surface area contributed by atoms with E-state index < -0.39 is 0 Å². The zero-order valence-corrected chi connectivity index (χ0v) is 8.72. The summed E-state index contributed by atoms with van der Waals surface area (Å²) >= 11 is 0. The summed E-state index contributed by atoms with van der Waals surface area (Å²) < 4.78 is 0. The number of aromatic nitrogens is 2. The highest BCUT2D eigenvalue weighted by Crippen LogP contribution is 2.20. The quantitative estimate of drug-likeness (QED) is 0.701. The van der Waals surface area contributed by atoms with Crippen LogP contribution in [0.1, 0.15) is 33.6 Å². The van der Waals surface area contributed by atoms with Gasteiger partial charge in [-0.3, -0.25) is 5.10 Å². The number of nitrogens with zero attached hydrogens (tertiary/aromatic N) is 1. The number of anilines is 1. The number of aromatic amines is 1. The lowest BCUT2D eigenvalue weighted by atomic mass is 9.91. The van der Waals surface area contributed by atoms with Crippen LogP contribution in [0.5, 0.6) is 0 Å². The minimum Gasteiger partial charge on any atom is -0.369 e. The molecule has 0 unspecified atom stereocenters. The molecule has 1 heterocycles. The van der Waals surface area contributed by atoms with Crippen molar-refractivity contribution < 1.29 is 0 Å². The Bertz CT molecular complexity index is 221. The van der Waals surface area contributed by atoms with Gasteiger partial charge in [-0.25, -0.2) is 0 Å². The van der Waals surface area contributed by atoms with Crippen LogP contribution in [0.3, 0.4) is 0 Å². The maximum atomic E-state index is 4.01. The third-order valence-corrected chi connectivity index (χ3v) is 1.91. The van der Waals surface area contributed by atoms with Gasteiger partial charge in [-0.1, -0.05) is 20.8 Å². The van der Waals surface area contributed by atoms with Crippen molar-refractivity contribution in [3.63, 3.8) is 0 Å². The highest BCUT2D eigenvalue weighted by Gasteiger charge is 2.08. The summed E-state index contributed by atoms with van der Waals surface area (Å²) in [6.07, 6.45) is 4.26. The summed E-state index contributed by atoms with van der Waals surface area (Å²) in [6.45, 7) is 7.80. The van der Waals surface area contributed by atoms with Gasteiger partial charge >= 0.3 is 0 Å². The number of H-pyrrole nitrogens is 1. The zero-order valence-electron chi connectivity index (χ0n) is 8.72. The molecule has 0 aromatic carbocycles. The molecule has 3 heteroatoms. The Morgan fingerprint density at radius 1 is 1.46 bits per heavy atom. The Balaban J connectivity index is 2.09. The highest BCUT2D eigenvalue weighted by molar-refractivity contribution is 5.31. The van der Waals surface area contributed by atoms with E-state index in [1.165, 1.54) is 12.8 Å². The first-order chi connectivity index (χ1) is 6.08. The van der Waals surface area contributed by atoms with Crippen molar-refractivity contribution in [3.05, 3.63) is 12.3 Å². The van der Waals surface area contributed by atoms with E-state index >= 15 is 0 Å². The van der Waals surface area contributed by atoms with E-state index in [0.717, 1.165) is 12.4 Å². The molecule has 3 nitrogen and oxygen atoms in total. The molecule has 0 spiro atoms. The predicted molar refractivity (Wildman–Crippen MR) is 55.8 cm³/mol. The lowest BCUT2D eigenvalue weighted by molar-refractivity contribution is 0.370. The fourth-order valence-electron chi connectivity index (χ4n) is 1.19. The van der Waals surface area contributed by atoms with Crippen LogP contribution in [-0.4, -0.2) is 16.7 Å². The van der Waals surface area contributed by atoms with Crippen molar-refractivity contribution in [1.82, 2.24) is 10.2 Å². The fourth-order valence-corrected chi connectivity index (χ4v) is 1.19. The molecule has 1 rings (SSSR count). The van der Waals surface area contributed by atoms with Crippen LogP contribution in [0.25, 0.3) is 0 Å². The molecule has 0 atom stereocenters. The summed E-state index contributed by atoms with van der Waals surface area (Å²) in [7, 11) is 0. The molecule has 1 aromatic heterocycles. The average molecular weight is 181 g/mol. The van der Waals surface area contributed by atoms with Gasteiger partial charge in [-0.15, -0.1) is 0 Å². The molecule has 0 fully saturated rings. The van der Waals surface area contributed by atoms with E-state index in [1.54, 1.807) is 0 Å². The number of hydrogen-bond donors (Lipinski definition) is 2. The van der Waals surface area contributed by atoms with E-state index in [1.807, 2.05) is 12.3 Å². The molecule has 1 aromatic rings. The van der Waals surface area contributed by atoms with Gasteiger partial charge in [-0.2, -0.15) is 5.10 Å². The summed E-state index contributed by atoms with van der Waals surface area (Å²) in [5, 5.41) is 10.0. The smallest absolute Gasteiger partial charge is 0.147 e. The van der Waals surface area contributed by atoms with Crippen molar-refractivity contribution in [3.8, 4) is 0 Å². The lowest BCUT2D eigenvalue weighted by Gasteiger charge is -2.17. The Kier molecular flexibility index (Phi) is 3.34. The van der Waals surface area contributed by atoms with Gasteiger partial charge in [0.1, 0.15) is 5.82 Å². The second kappa shape index (κ2) is 4.30. The second-order valence-electron chi connectivity index (χ2n) is 4.55. The molecule has 0 amide bonds. The summed E-state index contributed by atoms with van der Waals surface area (Å²) in [6, 6.07) is 1.94. The monoisotopic (exact) mass is 181 g/mol. The van der Waals surface area contributed by atoms with Crippen molar-refractivity contribution in [2.45, 2.75) is 33.6 Å². The SMILES string of the molecule is CC(C)(C)CCCNc1cc[nH]n1. The van der Waals surface area contributed by atoms with E-state index in [2.05, 4.69) is 36.3 Å². The molecule has 0 saturated carbocycles. The Morgan fingerprint density at radius 3 is 2.77 bits per heavy atom. The minimum atomic E-state index is 0.438. The Labute approximate surface area is 79.9 Å². The van der Waals surface area contributed by atoms with Crippen LogP contribution in [0.4, 0.5) is 5.82 Å². The number of hydrogen-bond acceptors (Lipinski definition) is 2. The van der Waals surface area contributed by atoms with E-state index in [0.29, 0.717) is 5.41 Å². The molecular weight excluding hydrogens is 162 g/mol. The first kappa shape index (κ1) is 10.1. The largest absolute Gasteiger partial charge is 0.369 e. The van der Waals surface area contributed by atoms with Gasteiger partial charge in [0.2, 0.25) is 0 Å². The van der Waals surface area contributed by atoms with E-state index in [9.17, 15) is 0 Å². The van der Waals surface area contributed by atoms with Crippen molar-refractivity contribution in [2.24, 2.45) is 5.41 Å². The molecule has 0 saturated heterocycles. The minimum absolute atomic E-state index is 0.438. The molecule has 0 aliphatic rings. The van der Waals surface area contributed by atoms with Crippen LogP contribution in [-0.2, 0) is 0 Å². The Morgan fingerprint density at radius 2 is 2.23 bits per heavy atom. The van der Waals surface area contributed by atoms with Gasteiger partial charge in [0.15, 0.2) is 0 Å². The highest BCUT2D eigenvalue weighted by atomic mass is 15.2. The van der Waals surface area contributed by atoms with Crippen LogP contribution >= 0.6 is 0 Å². The number of rotatable bonds is 4. The second-order valence-corrected chi connectivity index (χ2v) is 4.55. The van der Waals surface area contributed by atoms with Crippen LogP contribution < -0.4 is 5.32 Å². The van der Waals surface area contributed by atoms with Gasteiger partial charge in [0.25, 0.3) is 0 Å². The summed E-state index contributed by atoms with van der Waals surface area (Å²) in [5.74, 6) is 0.939. The molecule has 0 aliphatic heterocycles. The van der Waals surface area contributed by atoms with Crippen molar-refractivity contribution in [1.29, 1.82) is 0 Å². The molecule has 74 valence electrons. The summed E-state index contributed by atoms with van der Waals surface area (Å²) in [4.78, 5) is 0. The third-order valence-electron chi connectivity index (χ3n) is 1.91. The lowest BCUT2D eigenvalue weighted by Crippen LogP contribution is -2.09. The first-order valence-corrected chi connectivity index (χ1v) is 4.82. The van der Waals surface area contributed by atoms with E-state index in [-0.39, 0.29) is 0 Å². The van der Waals surface area contributed by atoms with Crippen LogP contribution in [0.2, 0.25) is 0 Å². The van der Waals surface area contributed by atoms with Crippen LogP contribution in [0.15, 0.2) is 12.3 Å². The first-order valence-electron chi connectivity index (χ1n) is 4.82. The maximum Gasteiger partial charge on any atom is 0.147 e. The van der Waals surface area contributed by atoms with Crippen molar-refractivity contribution in [2.75, 3.05) is 11.9 Å². The standard InChI is InChI=1S/C10H19N3/c1-10(2,3)6-4-7-11-9-5-8-12-13-9/h5,8H,4,6-7H2,1-3H3,(H2,11,12,13). The Hall–Kier alpha value is -0.990. The normalized spacial score (nSPS) is 11.6. The third kappa shape index (κ3) is 4.55. The predicted octanol–water partition coefficient (Wildman–Crippen LogP) is 2.65. The fraction of sp³-hybridized carbons (Fsp3) is 0.700. The van der Waals surface area contributed by atoms with Gasteiger partial charge in [-0.05, 0) is 24.3 Å². The van der Waals surface area contributed by atoms with E-state index in [4.69, 9.17) is 0 Å².